The third kappa shape index (κ3) is 4.34. The summed E-state index contributed by atoms with van der Waals surface area (Å²) in [5, 5.41) is 0. The summed E-state index contributed by atoms with van der Waals surface area (Å²) in [7, 11) is 0. The summed E-state index contributed by atoms with van der Waals surface area (Å²) in [6.45, 7) is 6.36. The second-order valence-electron chi connectivity index (χ2n) is 7.35. The zero-order valence-corrected chi connectivity index (χ0v) is 17.3. The molecule has 2 aliphatic rings. The number of allylic oxidation sites excluding steroid dienone is 4. The summed E-state index contributed by atoms with van der Waals surface area (Å²) in [6, 6.07) is 16.6. The van der Waals surface area contributed by atoms with Gasteiger partial charge in [-0.25, -0.2) is 0 Å². The molecule has 2 aromatic carbocycles. The molecule has 1 aliphatic carbocycles. The van der Waals surface area contributed by atoms with Crippen LogP contribution in [0.25, 0.3) is 6.08 Å². The molecular weight excluding hydrogens is 356 g/mol. The summed E-state index contributed by atoms with van der Waals surface area (Å²) < 4.78 is 6.43. The highest BCUT2D eigenvalue weighted by molar-refractivity contribution is 5.76. The quantitative estimate of drug-likeness (QED) is 0.517. The molecule has 1 aliphatic heterocycles. The molecule has 148 valence electrons. The second kappa shape index (κ2) is 8.95. The third-order valence-electron chi connectivity index (χ3n) is 5.51. The molecule has 0 bridgehead atoms. The minimum absolute atomic E-state index is 0.957. The van der Waals surface area contributed by atoms with Gasteiger partial charge in [-0.3, -0.25) is 4.99 Å². The van der Waals surface area contributed by atoms with E-state index in [1.807, 2.05) is 42.6 Å². The molecule has 3 nitrogen and oxygen atoms in total. The fourth-order valence-electron chi connectivity index (χ4n) is 3.95. The minimum Gasteiger partial charge on any atom is -0.456 e. The van der Waals surface area contributed by atoms with Gasteiger partial charge in [-0.2, -0.15) is 0 Å². The Hall–Kier alpha value is -3.07. The van der Waals surface area contributed by atoms with Crippen LogP contribution in [-0.2, 0) is 0 Å². The lowest BCUT2D eigenvalue weighted by Gasteiger charge is -2.28. The SMILES string of the molecule is CCN(CC)c1ccc2c(c1)OC1=C(C=CC=Nc3ccccc3)CCCC1=C2. The monoisotopic (exact) mass is 384 g/mol. The number of nitrogens with zero attached hydrogens (tertiary/aromatic N) is 2. The maximum atomic E-state index is 6.43. The van der Waals surface area contributed by atoms with E-state index in [-0.39, 0.29) is 0 Å². The van der Waals surface area contributed by atoms with Crippen molar-refractivity contribution in [3.8, 4) is 5.75 Å². The number of para-hydroxylation sites is 1. The Kier molecular flexibility index (Phi) is 5.95. The summed E-state index contributed by atoms with van der Waals surface area (Å²) in [4.78, 5) is 6.83. The van der Waals surface area contributed by atoms with Crippen molar-refractivity contribution in [1.82, 2.24) is 0 Å². The Labute approximate surface area is 173 Å². The van der Waals surface area contributed by atoms with Crippen molar-refractivity contribution in [1.29, 1.82) is 0 Å². The van der Waals surface area contributed by atoms with E-state index in [9.17, 15) is 0 Å². The summed E-state index contributed by atoms with van der Waals surface area (Å²) in [5.74, 6) is 1.99. The van der Waals surface area contributed by atoms with Crippen molar-refractivity contribution < 1.29 is 4.74 Å². The van der Waals surface area contributed by atoms with Gasteiger partial charge in [0, 0.05) is 36.6 Å². The van der Waals surface area contributed by atoms with Gasteiger partial charge in [0.05, 0.1) is 5.69 Å². The highest BCUT2D eigenvalue weighted by atomic mass is 16.5. The lowest BCUT2D eigenvalue weighted by molar-refractivity contribution is 0.410. The molecule has 0 fully saturated rings. The summed E-state index contributed by atoms with van der Waals surface area (Å²) in [5.41, 5.74) is 5.91. The van der Waals surface area contributed by atoms with E-state index in [0.717, 1.165) is 49.5 Å². The Balaban J connectivity index is 1.59. The zero-order chi connectivity index (χ0) is 20.1. The predicted octanol–water partition coefficient (Wildman–Crippen LogP) is 6.71. The van der Waals surface area contributed by atoms with Crippen LogP contribution >= 0.6 is 0 Å². The molecule has 0 spiro atoms. The van der Waals surface area contributed by atoms with E-state index < -0.39 is 0 Å². The molecule has 0 saturated heterocycles. The average molecular weight is 385 g/mol. The Bertz CT molecular complexity index is 979. The fraction of sp³-hybridized carbons (Fsp3) is 0.269. The van der Waals surface area contributed by atoms with E-state index in [4.69, 9.17) is 4.74 Å². The largest absolute Gasteiger partial charge is 0.456 e. The first-order valence-corrected chi connectivity index (χ1v) is 10.5. The van der Waals surface area contributed by atoms with E-state index in [1.165, 1.54) is 22.4 Å². The van der Waals surface area contributed by atoms with Crippen molar-refractivity contribution in [2.24, 2.45) is 4.99 Å². The van der Waals surface area contributed by atoms with Crippen molar-refractivity contribution in [3.63, 3.8) is 0 Å². The number of ether oxygens (including phenoxy) is 1. The summed E-state index contributed by atoms with van der Waals surface area (Å²) >= 11 is 0. The van der Waals surface area contributed by atoms with Crippen LogP contribution in [-0.4, -0.2) is 19.3 Å². The highest BCUT2D eigenvalue weighted by Crippen LogP contribution is 2.40. The maximum Gasteiger partial charge on any atom is 0.136 e. The number of anilines is 1. The lowest BCUT2D eigenvalue weighted by atomic mass is 9.90. The molecule has 0 unspecified atom stereocenters. The van der Waals surface area contributed by atoms with Gasteiger partial charge in [0.2, 0.25) is 0 Å². The topological polar surface area (TPSA) is 24.8 Å². The summed E-state index contributed by atoms with van der Waals surface area (Å²) in [6.07, 6.45) is 11.6. The van der Waals surface area contributed by atoms with E-state index in [1.54, 1.807) is 0 Å². The molecule has 0 aromatic heterocycles. The lowest BCUT2D eigenvalue weighted by Crippen LogP contribution is -2.22. The molecule has 0 atom stereocenters. The molecular formula is C26H28N2O. The van der Waals surface area contributed by atoms with Gasteiger partial charge in [-0.05, 0) is 80.7 Å². The van der Waals surface area contributed by atoms with Crippen LogP contribution in [0.1, 0.15) is 38.7 Å². The molecule has 4 rings (SSSR count). The second-order valence-corrected chi connectivity index (χ2v) is 7.35. The van der Waals surface area contributed by atoms with E-state index in [0.29, 0.717) is 0 Å². The van der Waals surface area contributed by atoms with Crippen LogP contribution in [0.15, 0.2) is 82.6 Å². The van der Waals surface area contributed by atoms with Gasteiger partial charge < -0.3 is 9.64 Å². The van der Waals surface area contributed by atoms with Crippen molar-refractivity contribution in [3.05, 3.63) is 83.2 Å². The third-order valence-corrected chi connectivity index (χ3v) is 5.51. The first-order chi connectivity index (χ1) is 14.3. The number of hydrogen-bond donors (Lipinski definition) is 0. The van der Waals surface area contributed by atoms with Crippen LogP contribution in [0.5, 0.6) is 5.75 Å². The van der Waals surface area contributed by atoms with Gasteiger partial charge in [0.15, 0.2) is 0 Å². The fourth-order valence-corrected chi connectivity index (χ4v) is 3.95. The van der Waals surface area contributed by atoms with Crippen LogP contribution in [0.2, 0.25) is 0 Å². The standard InChI is InChI=1S/C26H28N2O/c1-3-28(4-2)24-16-15-21-18-22-11-8-10-20(26(22)29-25(21)19-24)12-9-17-27-23-13-6-5-7-14-23/h5-7,9,12-19H,3-4,8,10-11H2,1-2H3. The number of benzene rings is 2. The van der Waals surface area contributed by atoms with Crippen LogP contribution in [0, 0.1) is 0 Å². The van der Waals surface area contributed by atoms with Crippen molar-refractivity contribution in [2.45, 2.75) is 33.1 Å². The molecule has 29 heavy (non-hydrogen) atoms. The van der Waals surface area contributed by atoms with Crippen molar-refractivity contribution in [2.75, 3.05) is 18.0 Å². The minimum atomic E-state index is 0.957. The maximum absolute atomic E-state index is 6.43. The zero-order valence-electron chi connectivity index (χ0n) is 17.3. The molecule has 0 N–H and O–H groups in total. The first-order valence-electron chi connectivity index (χ1n) is 10.5. The van der Waals surface area contributed by atoms with Crippen LogP contribution < -0.4 is 9.64 Å². The predicted molar refractivity (Wildman–Crippen MR) is 123 cm³/mol. The highest BCUT2D eigenvalue weighted by Gasteiger charge is 2.23. The first kappa shape index (κ1) is 19.3. The van der Waals surface area contributed by atoms with E-state index in [2.05, 4.69) is 54.1 Å². The molecule has 2 aromatic rings. The molecule has 0 saturated carbocycles. The molecule has 1 heterocycles. The number of hydrogen-bond acceptors (Lipinski definition) is 3. The van der Waals surface area contributed by atoms with Gasteiger partial charge in [0.25, 0.3) is 0 Å². The molecule has 0 amide bonds. The Morgan fingerprint density at radius 2 is 1.86 bits per heavy atom. The van der Waals surface area contributed by atoms with Crippen LogP contribution in [0.4, 0.5) is 11.4 Å². The van der Waals surface area contributed by atoms with Gasteiger partial charge in [0.1, 0.15) is 11.5 Å². The van der Waals surface area contributed by atoms with Gasteiger partial charge in [-0.15, -0.1) is 0 Å². The number of rotatable bonds is 6. The smallest absolute Gasteiger partial charge is 0.136 e. The Morgan fingerprint density at radius 3 is 2.66 bits per heavy atom. The molecule has 3 heteroatoms. The Morgan fingerprint density at radius 1 is 1.03 bits per heavy atom. The van der Waals surface area contributed by atoms with Gasteiger partial charge >= 0.3 is 0 Å². The number of fused-ring (bicyclic) bond motifs is 2. The molecule has 0 radical (unpaired) electrons. The normalized spacial score (nSPS) is 15.9. The average Bonchev–Trinajstić information content (AvgIpc) is 2.77. The van der Waals surface area contributed by atoms with Gasteiger partial charge in [-0.1, -0.05) is 24.3 Å². The van der Waals surface area contributed by atoms with Crippen LogP contribution in [0.3, 0.4) is 0 Å². The van der Waals surface area contributed by atoms with E-state index >= 15 is 0 Å². The van der Waals surface area contributed by atoms with Crippen molar-refractivity contribution >= 4 is 23.7 Å². The number of aliphatic imine (C=N–C) groups is 1.